The summed E-state index contributed by atoms with van der Waals surface area (Å²) in [6, 6.07) is 50.2. The molecule has 2 heteroatoms. The van der Waals surface area contributed by atoms with Gasteiger partial charge >= 0.3 is 0 Å². The first-order chi connectivity index (χ1) is 23.3. The summed E-state index contributed by atoms with van der Waals surface area (Å²) < 4.78 is 0. The smallest absolute Gasteiger partial charge is 0.0750 e. The van der Waals surface area contributed by atoms with Gasteiger partial charge in [-0.2, -0.15) is 0 Å². The molecule has 0 amide bonds. The van der Waals surface area contributed by atoms with Crippen molar-refractivity contribution < 1.29 is 0 Å². The van der Waals surface area contributed by atoms with Crippen LogP contribution in [-0.4, -0.2) is 10.7 Å². The molecule has 0 saturated heterocycles. The molecule has 47 heavy (non-hydrogen) atoms. The van der Waals surface area contributed by atoms with Gasteiger partial charge in [-0.3, -0.25) is 4.99 Å². The Morgan fingerprint density at radius 3 is 1.85 bits per heavy atom. The van der Waals surface area contributed by atoms with E-state index in [1.165, 1.54) is 61.2 Å². The molecule has 0 N–H and O–H groups in total. The second kappa shape index (κ2) is 10.5. The van der Waals surface area contributed by atoms with Crippen LogP contribution in [0.2, 0.25) is 0 Å². The molecule has 3 aliphatic carbocycles. The Kier molecular flexibility index (Phi) is 5.93. The van der Waals surface area contributed by atoms with Crippen LogP contribution in [0.25, 0.3) is 38.9 Å². The Morgan fingerprint density at radius 2 is 1.15 bits per heavy atom. The topological polar surface area (TPSA) is 25.2 Å². The van der Waals surface area contributed by atoms with Crippen molar-refractivity contribution in [1.82, 2.24) is 4.98 Å². The number of dihydropyridines is 1. The largest absolute Gasteiger partial charge is 0.252 e. The van der Waals surface area contributed by atoms with Crippen molar-refractivity contribution >= 4 is 22.2 Å². The van der Waals surface area contributed by atoms with Crippen molar-refractivity contribution in [2.24, 2.45) is 10.9 Å². The van der Waals surface area contributed by atoms with Gasteiger partial charge in [-0.05, 0) is 75.6 Å². The Bertz CT molecular complexity index is 2330. The number of pyridine rings is 1. The maximum atomic E-state index is 5.52. The van der Waals surface area contributed by atoms with E-state index in [9.17, 15) is 0 Å². The summed E-state index contributed by atoms with van der Waals surface area (Å²) in [4.78, 5) is 11.0. The number of aliphatic imine (C=N–C) groups is 1. The van der Waals surface area contributed by atoms with E-state index in [2.05, 4.69) is 152 Å². The SMILES string of the molecule is C1=C(c2ccccc2)CC2C(=C1)N=C(c1ccccc1)C1=C2C2CC1c1c2c(-c2ccccc2)nc2ccc(-c3ccccc3)cc12. The molecule has 1 aliphatic heterocycles. The minimum absolute atomic E-state index is 0.260. The lowest BCUT2D eigenvalue weighted by Gasteiger charge is -2.36. The fourth-order valence-electron chi connectivity index (χ4n) is 8.75. The maximum absolute atomic E-state index is 5.52. The number of benzene rings is 5. The van der Waals surface area contributed by atoms with Gasteiger partial charge in [0.05, 0.1) is 16.9 Å². The molecule has 2 bridgehead atoms. The van der Waals surface area contributed by atoms with Crippen molar-refractivity contribution in [2.75, 3.05) is 0 Å². The Morgan fingerprint density at radius 1 is 0.511 bits per heavy atom. The highest BCUT2D eigenvalue weighted by Crippen LogP contribution is 2.65. The highest BCUT2D eigenvalue weighted by atomic mass is 14.8. The van der Waals surface area contributed by atoms with Crippen molar-refractivity contribution in [3.8, 4) is 22.4 Å². The lowest BCUT2D eigenvalue weighted by Crippen LogP contribution is -2.26. The zero-order valence-corrected chi connectivity index (χ0v) is 26.0. The quantitative estimate of drug-likeness (QED) is 0.198. The van der Waals surface area contributed by atoms with Gasteiger partial charge in [0.25, 0.3) is 0 Å². The second-order valence-corrected chi connectivity index (χ2v) is 13.2. The van der Waals surface area contributed by atoms with Gasteiger partial charge < -0.3 is 0 Å². The van der Waals surface area contributed by atoms with Gasteiger partial charge in [-0.25, -0.2) is 4.98 Å². The summed E-state index contributed by atoms with van der Waals surface area (Å²) in [6.45, 7) is 0. The van der Waals surface area contributed by atoms with E-state index in [1.807, 2.05) is 0 Å². The molecule has 222 valence electrons. The van der Waals surface area contributed by atoms with Gasteiger partial charge in [-0.15, -0.1) is 0 Å². The number of fused-ring (bicyclic) bond motifs is 11. The number of allylic oxidation sites excluding steroid dienone is 5. The monoisotopic (exact) mass is 600 g/mol. The van der Waals surface area contributed by atoms with E-state index in [1.54, 1.807) is 5.57 Å². The molecule has 2 heterocycles. The third-order valence-corrected chi connectivity index (χ3v) is 10.7. The summed E-state index contributed by atoms with van der Waals surface area (Å²) in [7, 11) is 0. The molecular weight excluding hydrogens is 569 g/mol. The lowest BCUT2D eigenvalue weighted by atomic mass is 9.70. The molecule has 3 atom stereocenters. The lowest BCUT2D eigenvalue weighted by molar-refractivity contribution is 0.645. The van der Waals surface area contributed by atoms with Crippen molar-refractivity contribution in [3.63, 3.8) is 0 Å². The fraction of sp³-hybridized carbons (Fsp3) is 0.111. The maximum Gasteiger partial charge on any atom is 0.0750 e. The molecule has 0 radical (unpaired) electrons. The molecule has 0 spiro atoms. The molecule has 6 aromatic rings. The predicted molar refractivity (Wildman–Crippen MR) is 193 cm³/mol. The average molecular weight is 601 g/mol. The first kappa shape index (κ1) is 26.6. The van der Waals surface area contributed by atoms with Gasteiger partial charge in [0.2, 0.25) is 0 Å². The number of rotatable bonds is 4. The zero-order valence-electron chi connectivity index (χ0n) is 26.0. The molecular formula is C45H32N2. The minimum atomic E-state index is 0.260. The van der Waals surface area contributed by atoms with Crippen LogP contribution in [0, 0.1) is 5.92 Å². The van der Waals surface area contributed by atoms with Gasteiger partial charge in [0.1, 0.15) is 0 Å². The van der Waals surface area contributed by atoms with Crippen LogP contribution in [-0.2, 0) is 0 Å². The summed E-state index contributed by atoms with van der Waals surface area (Å²) in [5.41, 5.74) is 18.1. The molecule has 1 aromatic heterocycles. The molecule has 0 saturated carbocycles. The summed E-state index contributed by atoms with van der Waals surface area (Å²) in [5, 5.41) is 1.28. The van der Waals surface area contributed by atoms with E-state index in [-0.39, 0.29) is 11.8 Å². The number of hydrogen-bond acceptors (Lipinski definition) is 2. The van der Waals surface area contributed by atoms with Gasteiger partial charge in [-0.1, -0.05) is 133 Å². The first-order valence-corrected chi connectivity index (χ1v) is 16.7. The first-order valence-electron chi connectivity index (χ1n) is 16.7. The summed E-state index contributed by atoms with van der Waals surface area (Å²) >= 11 is 0. The van der Waals surface area contributed by atoms with E-state index < -0.39 is 0 Å². The van der Waals surface area contributed by atoms with Gasteiger partial charge in [0, 0.05) is 40.0 Å². The number of nitrogens with zero attached hydrogens (tertiary/aromatic N) is 2. The van der Waals surface area contributed by atoms with Crippen LogP contribution in [0.15, 0.2) is 174 Å². The van der Waals surface area contributed by atoms with E-state index in [0.717, 1.165) is 29.8 Å². The number of hydrogen-bond donors (Lipinski definition) is 0. The summed E-state index contributed by atoms with van der Waals surface area (Å²) in [6.07, 6.45) is 6.64. The van der Waals surface area contributed by atoms with Crippen molar-refractivity contribution in [2.45, 2.75) is 24.7 Å². The van der Waals surface area contributed by atoms with Crippen molar-refractivity contribution in [1.29, 1.82) is 0 Å². The van der Waals surface area contributed by atoms with E-state index >= 15 is 0 Å². The fourth-order valence-corrected chi connectivity index (χ4v) is 8.75. The third-order valence-electron chi connectivity index (χ3n) is 10.7. The van der Waals surface area contributed by atoms with Crippen LogP contribution in [0.3, 0.4) is 0 Å². The van der Waals surface area contributed by atoms with E-state index in [4.69, 9.17) is 9.98 Å². The van der Waals surface area contributed by atoms with E-state index in [0.29, 0.717) is 5.92 Å². The zero-order chi connectivity index (χ0) is 30.9. The molecule has 4 aliphatic rings. The van der Waals surface area contributed by atoms with Crippen LogP contribution in [0.4, 0.5) is 0 Å². The highest BCUT2D eigenvalue weighted by molar-refractivity contribution is 6.17. The minimum Gasteiger partial charge on any atom is -0.252 e. The molecule has 3 unspecified atom stereocenters. The predicted octanol–water partition coefficient (Wildman–Crippen LogP) is 10.9. The Hall–Kier alpha value is -5.60. The third kappa shape index (κ3) is 4.11. The highest BCUT2D eigenvalue weighted by Gasteiger charge is 2.51. The second-order valence-electron chi connectivity index (χ2n) is 13.2. The van der Waals surface area contributed by atoms with Crippen molar-refractivity contribution in [3.05, 3.63) is 191 Å². The Labute approximate surface area is 275 Å². The summed E-state index contributed by atoms with van der Waals surface area (Å²) in [5.74, 6) is 0.835. The van der Waals surface area contributed by atoms with Crippen LogP contribution in [0.1, 0.15) is 46.9 Å². The van der Waals surface area contributed by atoms with Crippen LogP contribution >= 0.6 is 0 Å². The molecule has 10 rings (SSSR count). The van der Waals surface area contributed by atoms with Crippen LogP contribution in [0.5, 0.6) is 0 Å². The van der Waals surface area contributed by atoms with Gasteiger partial charge in [0.15, 0.2) is 0 Å². The normalized spacial score (nSPS) is 20.7. The standard InChI is InChI=1S/C45H32N2/c1-5-13-28(14-6-1)32-21-23-38-34(25-32)40-36-27-37(42(40)44(46-38)30-17-9-3-10-18-30)41-35-26-33(29-15-7-2-8-16-29)22-24-39(35)47-45(43(36)41)31-19-11-4-12-20-31/h1-25,35-37H,26-27H2. The molecule has 0 fully saturated rings. The van der Waals surface area contributed by atoms with Crippen LogP contribution < -0.4 is 0 Å². The molecule has 2 nitrogen and oxygen atoms in total. The average Bonchev–Trinajstić information content (AvgIpc) is 3.74. The number of aromatic nitrogens is 1. The Balaban J connectivity index is 1.22. The molecule has 5 aromatic carbocycles.